The van der Waals surface area contributed by atoms with E-state index >= 15 is 0 Å². The molecule has 2 fully saturated rings. The Labute approximate surface area is 166 Å². The highest BCUT2D eigenvalue weighted by Gasteiger charge is 2.36. The summed E-state index contributed by atoms with van der Waals surface area (Å²) >= 11 is 6.22. The summed E-state index contributed by atoms with van der Waals surface area (Å²) in [5, 5.41) is 8.32. The van der Waals surface area contributed by atoms with Crippen molar-refractivity contribution in [3.8, 4) is 23.0 Å². The minimum atomic E-state index is -0.468. The molecule has 27 heavy (non-hydrogen) atoms. The summed E-state index contributed by atoms with van der Waals surface area (Å²) in [7, 11) is 0. The van der Waals surface area contributed by atoms with Gasteiger partial charge in [0.05, 0.1) is 22.3 Å². The van der Waals surface area contributed by atoms with Crippen LogP contribution in [-0.4, -0.2) is 35.1 Å². The highest BCUT2D eigenvalue weighted by atomic mass is 35.5. The van der Waals surface area contributed by atoms with Gasteiger partial charge in [-0.2, -0.15) is 4.68 Å². The van der Waals surface area contributed by atoms with Gasteiger partial charge in [-0.15, -0.1) is 17.5 Å². The van der Waals surface area contributed by atoms with Crippen LogP contribution in [0.3, 0.4) is 0 Å². The van der Waals surface area contributed by atoms with Gasteiger partial charge in [0.1, 0.15) is 13.2 Å². The normalized spacial score (nSPS) is 25.9. The standard InChI is InChI=1S/C17H19ClN4O4.ClH/c18-12-7-11(14-15(13(12)19)25-4-3-24-14)16-21-22(17(23)26-16)10-5-8-1-2-9(6-10)20-8;/h7-10,20H,1-6,19H2;1H. The Morgan fingerprint density at radius 1 is 1.19 bits per heavy atom. The van der Waals surface area contributed by atoms with Gasteiger partial charge in [0.25, 0.3) is 5.89 Å². The monoisotopic (exact) mass is 414 g/mol. The first-order chi connectivity index (χ1) is 12.6. The molecule has 1 aromatic carbocycles. The van der Waals surface area contributed by atoms with Gasteiger partial charge in [-0.1, -0.05) is 11.6 Å². The summed E-state index contributed by atoms with van der Waals surface area (Å²) in [6.07, 6.45) is 4.05. The van der Waals surface area contributed by atoms with Crippen molar-refractivity contribution in [1.29, 1.82) is 0 Å². The fourth-order valence-corrected chi connectivity index (χ4v) is 4.41. The molecule has 0 amide bonds. The summed E-state index contributed by atoms with van der Waals surface area (Å²) < 4.78 is 18.2. The lowest BCUT2D eigenvalue weighted by Crippen LogP contribution is -2.41. The zero-order valence-electron chi connectivity index (χ0n) is 14.4. The minimum Gasteiger partial charge on any atom is -0.485 e. The third kappa shape index (κ3) is 3.05. The van der Waals surface area contributed by atoms with E-state index in [2.05, 4.69) is 10.4 Å². The molecule has 2 bridgehead atoms. The predicted molar refractivity (Wildman–Crippen MR) is 102 cm³/mol. The summed E-state index contributed by atoms with van der Waals surface area (Å²) in [6.45, 7) is 0.761. The fraction of sp³-hybridized carbons (Fsp3) is 0.529. The first kappa shape index (κ1) is 18.5. The van der Waals surface area contributed by atoms with E-state index in [-0.39, 0.29) is 24.3 Å². The Balaban J connectivity index is 0.00000180. The second-order valence-corrected chi connectivity index (χ2v) is 7.46. The van der Waals surface area contributed by atoms with E-state index in [1.54, 1.807) is 6.07 Å². The fourth-order valence-electron chi connectivity index (χ4n) is 4.21. The van der Waals surface area contributed by atoms with Crippen LogP contribution in [0.4, 0.5) is 5.69 Å². The molecule has 8 nitrogen and oxygen atoms in total. The van der Waals surface area contributed by atoms with E-state index in [1.165, 1.54) is 4.68 Å². The van der Waals surface area contributed by atoms with E-state index in [4.69, 9.17) is 31.2 Å². The van der Waals surface area contributed by atoms with Crippen molar-refractivity contribution in [2.45, 2.75) is 43.8 Å². The molecule has 2 aromatic rings. The summed E-state index contributed by atoms with van der Waals surface area (Å²) in [6, 6.07) is 2.53. The molecular formula is C17H20Cl2N4O4. The first-order valence-corrected chi connectivity index (χ1v) is 9.21. The number of hydrogen-bond acceptors (Lipinski definition) is 7. The van der Waals surface area contributed by atoms with Gasteiger partial charge < -0.3 is 24.9 Å². The predicted octanol–water partition coefficient (Wildman–Crippen LogP) is 2.39. The van der Waals surface area contributed by atoms with Crippen LogP contribution >= 0.6 is 24.0 Å². The lowest BCUT2D eigenvalue weighted by atomic mass is 10.0. The van der Waals surface area contributed by atoms with Crippen LogP contribution in [0, 0.1) is 0 Å². The maximum Gasteiger partial charge on any atom is 0.437 e. The smallest absolute Gasteiger partial charge is 0.437 e. The Bertz CT molecular complexity index is 916. The molecule has 0 saturated carbocycles. The lowest BCUT2D eigenvalue weighted by molar-refractivity contribution is 0.173. The molecular weight excluding hydrogens is 395 g/mol. The molecule has 3 N–H and O–H groups in total. The highest BCUT2D eigenvalue weighted by molar-refractivity contribution is 6.34. The molecule has 2 saturated heterocycles. The molecule has 2 unspecified atom stereocenters. The van der Waals surface area contributed by atoms with E-state index < -0.39 is 5.76 Å². The number of benzene rings is 1. The Hall–Kier alpha value is -1.90. The van der Waals surface area contributed by atoms with Crippen molar-refractivity contribution in [1.82, 2.24) is 15.1 Å². The Kier molecular flexibility index (Phi) is 4.73. The number of rotatable bonds is 2. The van der Waals surface area contributed by atoms with Gasteiger partial charge in [-0.25, -0.2) is 4.79 Å². The SMILES string of the molecule is Cl.Nc1c(Cl)cc(-c2nn(C3CC4CCC(C3)N4)c(=O)o2)c2c1OCCO2. The molecule has 0 aliphatic carbocycles. The highest BCUT2D eigenvalue weighted by Crippen LogP contribution is 2.47. The van der Waals surface area contributed by atoms with Gasteiger partial charge in [-0.3, -0.25) is 0 Å². The minimum absolute atomic E-state index is 0. The quantitative estimate of drug-likeness (QED) is 0.726. The van der Waals surface area contributed by atoms with E-state index in [9.17, 15) is 4.79 Å². The Morgan fingerprint density at radius 3 is 2.56 bits per heavy atom. The molecule has 1 aromatic heterocycles. The number of nitrogens with one attached hydrogen (secondary N) is 1. The molecule has 0 spiro atoms. The van der Waals surface area contributed by atoms with Crippen LogP contribution in [0.25, 0.3) is 11.5 Å². The van der Waals surface area contributed by atoms with Crippen LogP contribution in [0.15, 0.2) is 15.3 Å². The number of fused-ring (bicyclic) bond motifs is 3. The zero-order valence-corrected chi connectivity index (χ0v) is 16.0. The van der Waals surface area contributed by atoms with Crippen molar-refractivity contribution in [3.63, 3.8) is 0 Å². The number of nitrogens with two attached hydrogens (primary N) is 1. The number of nitrogens with zero attached hydrogens (tertiary/aromatic N) is 2. The average Bonchev–Trinajstić information content (AvgIpc) is 3.20. The summed E-state index contributed by atoms with van der Waals surface area (Å²) in [5.74, 6) is 0.488. The van der Waals surface area contributed by atoms with Crippen molar-refractivity contribution in [2.24, 2.45) is 0 Å². The van der Waals surface area contributed by atoms with Crippen LogP contribution in [-0.2, 0) is 0 Å². The Morgan fingerprint density at radius 2 is 1.85 bits per heavy atom. The maximum atomic E-state index is 12.4. The van der Waals surface area contributed by atoms with Gasteiger partial charge >= 0.3 is 5.76 Å². The molecule has 10 heteroatoms. The van der Waals surface area contributed by atoms with Crippen LogP contribution in [0.5, 0.6) is 11.5 Å². The van der Waals surface area contributed by atoms with Crippen molar-refractivity contribution in [2.75, 3.05) is 18.9 Å². The van der Waals surface area contributed by atoms with E-state index in [0.29, 0.717) is 53.1 Å². The van der Waals surface area contributed by atoms with Crippen LogP contribution in [0.2, 0.25) is 5.02 Å². The second kappa shape index (κ2) is 6.92. The molecule has 146 valence electrons. The number of halogens is 2. The number of nitrogen functional groups attached to an aromatic ring is 1. The molecule has 3 aliphatic heterocycles. The molecule has 4 heterocycles. The van der Waals surface area contributed by atoms with E-state index in [1.807, 2.05) is 0 Å². The second-order valence-electron chi connectivity index (χ2n) is 7.06. The molecule has 2 atom stereocenters. The average molecular weight is 415 g/mol. The molecule has 3 aliphatic rings. The summed E-state index contributed by atoms with van der Waals surface area (Å²) in [4.78, 5) is 12.4. The van der Waals surface area contributed by atoms with Gasteiger partial charge in [0.15, 0.2) is 11.5 Å². The van der Waals surface area contributed by atoms with Gasteiger partial charge in [-0.05, 0) is 31.7 Å². The largest absolute Gasteiger partial charge is 0.485 e. The third-order valence-electron chi connectivity index (χ3n) is 5.39. The molecule has 0 radical (unpaired) electrons. The number of anilines is 1. The number of aromatic nitrogens is 2. The lowest BCUT2D eigenvalue weighted by Gasteiger charge is -2.28. The van der Waals surface area contributed by atoms with Crippen LogP contribution in [0.1, 0.15) is 31.7 Å². The van der Waals surface area contributed by atoms with Gasteiger partial charge in [0, 0.05) is 12.1 Å². The zero-order chi connectivity index (χ0) is 17.8. The number of piperidine rings is 1. The van der Waals surface area contributed by atoms with E-state index in [0.717, 1.165) is 25.7 Å². The van der Waals surface area contributed by atoms with Crippen molar-refractivity contribution in [3.05, 3.63) is 21.6 Å². The molecule has 5 rings (SSSR count). The summed E-state index contributed by atoms with van der Waals surface area (Å²) in [5.41, 5.74) is 6.76. The topological polar surface area (TPSA) is 105 Å². The van der Waals surface area contributed by atoms with Crippen LogP contribution < -0.4 is 26.3 Å². The number of hydrogen-bond donors (Lipinski definition) is 2. The van der Waals surface area contributed by atoms with Gasteiger partial charge in [0.2, 0.25) is 0 Å². The number of ether oxygens (including phenoxy) is 2. The van der Waals surface area contributed by atoms with Crippen molar-refractivity contribution >= 4 is 29.7 Å². The maximum absolute atomic E-state index is 12.4. The third-order valence-corrected chi connectivity index (χ3v) is 5.71. The first-order valence-electron chi connectivity index (χ1n) is 8.84. The van der Waals surface area contributed by atoms with Crippen molar-refractivity contribution < 1.29 is 13.9 Å².